The minimum Gasteiger partial charge on any atom is -0.265 e. The van der Waals surface area contributed by atoms with Crippen molar-refractivity contribution in [3.8, 4) is 11.3 Å². The van der Waals surface area contributed by atoms with Crippen LogP contribution >= 0.6 is 0 Å². The summed E-state index contributed by atoms with van der Waals surface area (Å²) in [5, 5.41) is 6.90. The highest BCUT2D eigenvalue weighted by atomic mass is 19.3. The van der Waals surface area contributed by atoms with Gasteiger partial charge in [-0.25, -0.2) is 0 Å². The average molecular weight is 196 g/mol. The van der Waals surface area contributed by atoms with Crippen LogP contribution in [0, 0.1) is 0 Å². The van der Waals surface area contributed by atoms with E-state index in [2.05, 4.69) is 15.3 Å². The fourth-order valence-electron chi connectivity index (χ4n) is 1.03. The van der Waals surface area contributed by atoms with Gasteiger partial charge in [0.25, 0.3) is 0 Å². The standard InChI is InChI=1S/C8H6F2N4/c9-8(10)14-5-7(12-13-14)6-1-3-11-4-2-6/h1-5,8H. The van der Waals surface area contributed by atoms with Gasteiger partial charge in [0.2, 0.25) is 0 Å². The van der Waals surface area contributed by atoms with Crippen LogP contribution in [-0.4, -0.2) is 20.0 Å². The molecule has 0 bridgehead atoms. The average Bonchev–Trinajstić information content (AvgIpc) is 2.68. The van der Waals surface area contributed by atoms with Crippen molar-refractivity contribution in [2.24, 2.45) is 0 Å². The molecule has 0 spiro atoms. The molecule has 14 heavy (non-hydrogen) atoms. The summed E-state index contributed by atoms with van der Waals surface area (Å²) in [6.45, 7) is -2.65. The summed E-state index contributed by atoms with van der Waals surface area (Å²) in [6.07, 6.45) is 4.33. The molecule has 0 saturated carbocycles. The van der Waals surface area contributed by atoms with E-state index < -0.39 is 6.55 Å². The zero-order chi connectivity index (χ0) is 9.97. The van der Waals surface area contributed by atoms with Gasteiger partial charge in [0, 0.05) is 18.0 Å². The maximum atomic E-state index is 12.1. The zero-order valence-electron chi connectivity index (χ0n) is 7.01. The maximum absolute atomic E-state index is 12.1. The van der Waals surface area contributed by atoms with Crippen molar-refractivity contribution in [3.63, 3.8) is 0 Å². The minimum atomic E-state index is -2.65. The number of rotatable bonds is 2. The number of aromatic nitrogens is 4. The molecule has 4 nitrogen and oxygen atoms in total. The van der Waals surface area contributed by atoms with Gasteiger partial charge in [0.15, 0.2) is 0 Å². The van der Waals surface area contributed by atoms with Crippen molar-refractivity contribution < 1.29 is 8.78 Å². The molecule has 2 aromatic rings. The number of pyridine rings is 1. The lowest BCUT2D eigenvalue weighted by Gasteiger charge is -1.94. The number of hydrogen-bond acceptors (Lipinski definition) is 3. The molecule has 2 aromatic heterocycles. The van der Waals surface area contributed by atoms with Gasteiger partial charge in [-0.2, -0.15) is 13.5 Å². The summed E-state index contributed by atoms with van der Waals surface area (Å²) in [4.78, 5) is 3.81. The molecule has 0 N–H and O–H groups in total. The fourth-order valence-corrected chi connectivity index (χ4v) is 1.03. The molecule has 2 heterocycles. The Morgan fingerprint density at radius 2 is 1.93 bits per heavy atom. The molecule has 0 amide bonds. The summed E-state index contributed by atoms with van der Waals surface area (Å²) in [5.41, 5.74) is 1.12. The van der Waals surface area contributed by atoms with E-state index in [1.54, 1.807) is 24.5 Å². The Bertz CT molecular complexity index is 412. The first kappa shape index (κ1) is 8.74. The van der Waals surface area contributed by atoms with Crippen LogP contribution < -0.4 is 0 Å². The third-order valence-corrected chi connectivity index (χ3v) is 1.69. The third-order valence-electron chi connectivity index (χ3n) is 1.69. The van der Waals surface area contributed by atoms with E-state index >= 15 is 0 Å². The molecule has 0 aliphatic rings. The molecule has 0 atom stereocenters. The van der Waals surface area contributed by atoms with Gasteiger partial charge >= 0.3 is 6.55 Å². The number of alkyl halides is 2. The summed E-state index contributed by atoms with van der Waals surface area (Å²) in [6, 6.07) is 3.36. The van der Waals surface area contributed by atoms with Crippen LogP contribution in [0.25, 0.3) is 11.3 Å². The first-order valence-corrected chi connectivity index (χ1v) is 3.88. The Morgan fingerprint density at radius 1 is 1.21 bits per heavy atom. The first-order chi connectivity index (χ1) is 6.77. The predicted molar refractivity (Wildman–Crippen MR) is 44.5 cm³/mol. The molecule has 0 aromatic carbocycles. The lowest BCUT2D eigenvalue weighted by Crippen LogP contribution is -1.97. The van der Waals surface area contributed by atoms with E-state index in [1.807, 2.05) is 0 Å². The van der Waals surface area contributed by atoms with Gasteiger partial charge in [0.1, 0.15) is 5.69 Å². The Balaban J connectivity index is 2.34. The van der Waals surface area contributed by atoms with Gasteiger partial charge in [-0.1, -0.05) is 5.21 Å². The molecular weight excluding hydrogens is 190 g/mol. The van der Waals surface area contributed by atoms with Crippen molar-refractivity contribution in [1.82, 2.24) is 20.0 Å². The molecule has 0 unspecified atom stereocenters. The highest BCUT2D eigenvalue weighted by Crippen LogP contribution is 2.16. The SMILES string of the molecule is FC(F)n1cc(-c2ccncc2)nn1. The van der Waals surface area contributed by atoms with Crippen molar-refractivity contribution in [1.29, 1.82) is 0 Å². The number of hydrogen-bond donors (Lipinski definition) is 0. The number of halogens is 2. The van der Waals surface area contributed by atoms with Gasteiger partial charge in [-0.05, 0) is 12.1 Å². The minimum absolute atomic E-state index is 0.410. The van der Waals surface area contributed by atoms with E-state index in [0.717, 1.165) is 0 Å². The predicted octanol–water partition coefficient (Wildman–Crippen LogP) is 1.74. The lowest BCUT2D eigenvalue weighted by atomic mass is 10.2. The van der Waals surface area contributed by atoms with Gasteiger partial charge < -0.3 is 0 Å². The van der Waals surface area contributed by atoms with Crippen molar-refractivity contribution in [2.45, 2.75) is 6.55 Å². The van der Waals surface area contributed by atoms with E-state index in [9.17, 15) is 8.78 Å². The van der Waals surface area contributed by atoms with Crippen LogP contribution in [0.2, 0.25) is 0 Å². The zero-order valence-corrected chi connectivity index (χ0v) is 7.01. The Labute approximate surface area is 78.2 Å². The second kappa shape index (κ2) is 3.49. The first-order valence-electron chi connectivity index (χ1n) is 3.88. The van der Waals surface area contributed by atoms with Crippen molar-refractivity contribution >= 4 is 0 Å². The highest BCUT2D eigenvalue weighted by molar-refractivity contribution is 5.56. The van der Waals surface area contributed by atoms with E-state index in [4.69, 9.17) is 0 Å². The lowest BCUT2D eigenvalue weighted by molar-refractivity contribution is 0.0546. The fraction of sp³-hybridized carbons (Fsp3) is 0.125. The Morgan fingerprint density at radius 3 is 2.50 bits per heavy atom. The van der Waals surface area contributed by atoms with Crippen LogP contribution in [0.1, 0.15) is 6.55 Å². The Hall–Kier alpha value is -1.85. The summed E-state index contributed by atoms with van der Waals surface area (Å²) in [7, 11) is 0. The van der Waals surface area contributed by atoms with Crippen LogP contribution in [-0.2, 0) is 0 Å². The molecule has 0 radical (unpaired) electrons. The molecule has 0 saturated heterocycles. The van der Waals surface area contributed by atoms with E-state index in [1.165, 1.54) is 6.20 Å². The van der Waals surface area contributed by atoms with Gasteiger partial charge in [0.05, 0.1) is 6.20 Å². The summed E-state index contributed by atoms with van der Waals surface area (Å²) >= 11 is 0. The molecule has 0 fully saturated rings. The normalized spacial score (nSPS) is 10.8. The molecule has 72 valence electrons. The van der Waals surface area contributed by atoms with Gasteiger partial charge in [-0.3, -0.25) is 4.98 Å². The summed E-state index contributed by atoms with van der Waals surface area (Å²) in [5.74, 6) is 0. The summed E-state index contributed by atoms with van der Waals surface area (Å²) < 4.78 is 24.8. The molecular formula is C8H6F2N4. The Kier molecular flexibility index (Phi) is 2.18. The monoisotopic (exact) mass is 196 g/mol. The van der Waals surface area contributed by atoms with Crippen LogP contribution in [0.4, 0.5) is 8.78 Å². The maximum Gasteiger partial charge on any atom is 0.334 e. The largest absolute Gasteiger partial charge is 0.334 e. The topological polar surface area (TPSA) is 43.6 Å². The third kappa shape index (κ3) is 1.59. The smallest absolute Gasteiger partial charge is 0.265 e. The van der Waals surface area contributed by atoms with Gasteiger partial charge in [-0.15, -0.1) is 5.10 Å². The van der Waals surface area contributed by atoms with E-state index in [-0.39, 0.29) is 0 Å². The van der Waals surface area contributed by atoms with Crippen molar-refractivity contribution in [2.75, 3.05) is 0 Å². The molecule has 0 aliphatic carbocycles. The molecule has 6 heteroatoms. The molecule has 0 aliphatic heterocycles. The second-order valence-electron chi connectivity index (χ2n) is 2.60. The molecule has 2 rings (SSSR count). The van der Waals surface area contributed by atoms with Crippen molar-refractivity contribution in [3.05, 3.63) is 30.7 Å². The quantitative estimate of drug-likeness (QED) is 0.734. The van der Waals surface area contributed by atoms with E-state index in [0.29, 0.717) is 15.9 Å². The second-order valence-corrected chi connectivity index (χ2v) is 2.60. The highest BCUT2D eigenvalue weighted by Gasteiger charge is 2.09. The van der Waals surface area contributed by atoms with Crippen LogP contribution in [0.5, 0.6) is 0 Å². The van der Waals surface area contributed by atoms with Crippen LogP contribution in [0.15, 0.2) is 30.7 Å². The number of nitrogens with zero attached hydrogens (tertiary/aromatic N) is 4. The van der Waals surface area contributed by atoms with Crippen LogP contribution in [0.3, 0.4) is 0 Å².